The first-order valence-electron chi connectivity index (χ1n) is 12.5. The number of morpholine rings is 1. The van der Waals surface area contributed by atoms with E-state index in [1.54, 1.807) is 23.1 Å². The van der Waals surface area contributed by atoms with Crippen LogP contribution in [-0.4, -0.2) is 66.8 Å². The minimum absolute atomic E-state index is 0.0145. The highest BCUT2D eigenvalue weighted by Gasteiger charge is 2.42. The fourth-order valence-corrected chi connectivity index (χ4v) is 5.11. The molecule has 1 unspecified atom stereocenters. The highest BCUT2D eigenvalue weighted by atomic mass is 16.5. The maximum Gasteiger partial charge on any atom is 0.290 e. The summed E-state index contributed by atoms with van der Waals surface area (Å²) in [5.41, 5.74) is 3.25. The molecule has 1 fully saturated rings. The summed E-state index contributed by atoms with van der Waals surface area (Å²) >= 11 is 0. The first-order valence-corrected chi connectivity index (χ1v) is 12.5. The number of benzene rings is 2. The van der Waals surface area contributed by atoms with Crippen LogP contribution in [0.2, 0.25) is 0 Å². The molecule has 1 N–H and O–H groups in total. The van der Waals surface area contributed by atoms with Gasteiger partial charge in [-0.25, -0.2) is 0 Å². The molecule has 0 bridgehead atoms. The Bertz CT molecular complexity index is 1360. The molecule has 8 nitrogen and oxygen atoms in total. The van der Waals surface area contributed by atoms with Crippen molar-refractivity contribution in [3.8, 4) is 11.5 Å². The predicted octanol–water partition coefficient (Wildman–Crippen LogP) is 3.78. The van der Waals surface area contributed by atoms with Crippen LogP contribution in [-0.2, 0) is 4.74 Å². The molecule has 2 aromatic carbocycles. The SMILES string of the molecule is CCOc1cc(C2c3c(oc4cc(C)c(C)cc4c3=O)C(=O)N2CCCN2CCOCC2)ccc1O. The second-order valence-corrected chi connectivity index (χ2v) is 9.48. The van der Waals surface area contributed by atoms with Crippen molar-refractivity contribution in [1.82, 2.24) is 9.80 Å². The quantitative estimate of drug-likeness (QED) is 0.537. The van der Waals surface area contributed by atoms with Crippen LogP contribution in [0.25, 0.3) is 11.0 Å². The van der Waals surface area contributed by atoms with E-state index in [1.165, 1.54) is 0 Å². The second-order valence-electron chi connectivity index (χ2n) is 9.48. The minimum Gasteiger partial charge on any atom is -0.504 e. The van der Waals surface area contributed by atoms with Crippen molar-refractivity contribution in [2.24, 2.45) is 0 Å². The molecule has 1 amide bonds. The number of hydrogen-bond donors (Lipinski definition) is 1. The summed E-state index contributed by atoms with van der Waals surface area (Å²) < 4.78 is 17.2. The predicted molar refractivity (Wildman–Crippen MR) is 136 cm³/mol. The number of hydrogen-bond acceptors (Lipinski definition) is 7. The highest BCUT2D eigenvalue weighted by Crippen LogP contribution is 2.41. The van der Waals surface area contributed by atoms with Crippen LogP contribution in [0, 0.1) is 13.8 Å². The van der Waals surface area contributed by atoms with Gasteiger partial charge in [-0.1, -0.05) is 6.07 Å². The van der Waals surface area contributed by atoms with Crippen molar-refractivity contribution in [2.45, 2.75) is 33.2 Å². The normalized spacial score (nSPS) is 18.1. The van der Waals surface area contributed by atoms with Crippen LogP contribution in [0.3, 0.4) is 0 Å². The van der Waals surface area contributed by atoms with E-state index in [4.69, 9.17) is 13.9 Å². The first-order chi connectivity index (χ1) is 17.4. The Kier molecular flexibility index (Phi) is 6.73. The summed E-state index contributed by atoms with van der Waals surface area (Å²) in [4.78, 5) is 31.5. The Morgan fingerprint density at radius 1 is 1.06 bits per heavy atom. The summed E-state index contributed by atoms with van der Waals surface area (Å²) in [6.07, 6.45) is 0.749. The summed E-state index contributed by atoms with van der Waals surface area (Å²) in [6.45, 7) is 10.6. The van der Waals surface area contributed by atoms with Gasteiger partial charge in [-0.2, -0.15) is 0 Å². The zero-order chi connectivity index (χ0) is 25.4. The molecular weight excluding hydrogens is 460 g/mol. The number of ether oxygens (including phenoxy) is 2. The number of amides is 1. The maximum absolute atomic E-state index is 13.8. The number of rotatable bonds is 7. The zero-order valence-corrected chi connectivity index (χ0v) is 21.0. The molecule has 8 heteroatoms. The van der Waals surface area contributed by atoms with Crippen molar-refractivity contribution in [3.05, 3.63) is 68.6 Å². The largest absolute Gasteiger partial charge is 0.504 e. The molecule has 1 aromatic heterocycles. The Balaban J connectivity index is 1.58. The number of fused-ring (bicyclic) bond motifs is 2. The highest BCUT2D eigenvalue weighted by molar-refractivity contribution is 5.99. The van der Waals surface area contributed by atoms with Crippen LogP contribution in [0.4, 0.5) is 0 Å². The van der Waals surface area contributed by atoms with Crippen LogP contribution < -0.4 is 10.2 Å². The molecule has 0 spiro atoms. The van der Waals surface area contributed by atoms with Gasteiger partial charge in [0.25, 0.3) is 5.91 Å². The third-order valence-electron chi connectivity index (χ3n) is 7.16. The lowest BCUT2D eigenvalue weighted by Gasteiger charge is -2.29. The minimum atomic E-state index is -0.626. The van der Waals surface area contributed by atoms with Crippen molar-refractivity contribution >= 4 is 16.9 Å². The number of phenols is 1. The summed E-state index contributed by atoms with van der Waals surface area (Å²) in [5, 5.41) is 10.7. The van der Waals surface area contributed by atoms with E-state index in [-0.39, 0.29) is 22.8 Å². The number of aromatic hydroxyl groups is 1. The second kappa shape index (κ2) is 9.95. The molecule has 2 aliphatic rings. The summed E-state index contributed by atoms with van der Waals surface area (Å²) in [5.74, 6) is 0.139. The Morgan fingerprint density at radius 2 is 1.81 bits per heavy atom. The van der Waals surface area contributed by atoms with Gasteiger partial charge in [0.05, 0.1) is 36.8 Å². The van der Waals surface area contributed by atoms with Crippen LogP contribution >= 0.6 is 0 Å². The van der Waals surface area contributed by atoms with Gasteiger partial charge in [0.15, 0.2) is 16.9 Å². The smallest absolute Gasteiger partial charge is 0.290 e. The van der Waals surface area contributed by atoms with Crippen LogP contribution in [0.5, 0.6) is 11.5 Å². The van der Waals surface area contributed by atoms with Crippen molar-refractivity contribution in [3.63, 3.8) is 0 Å². The fourth-order valence-electron chi connectivity index (χ4n) is 5.11. The average molecular weight is 493 g/mol. The molecule has 0 radical (unpaired) electrons. The van der Waals surface area contributed by atoms with Gasteiger partial charge in [-0.15, -0.1) is 0 Å². The van der Waals surface area contributed by atoms with Gasteiger partial charge < -0.3 is 23.9 Å². The molecule has 1 saturated heterocycles. The van der Waals surface area contributed by atoms with E-state index in [9.17, 15) is 14.7 Å². The Morgan fingerprint density at radius 3 is 2.56 bits per heavy atom. The van der Waals surface area contributed by atoms with E-state index in [0.29, 0.717) is 54.2 Å². The number of carbonyl (C=O) groups excluding carboxylic acids is 1. The number of nitrogens with zero attached hydrogens (tertiary/aromatic N) is 2. The fraction of sp³-hybridized carbons (Fsp3) is 0.429. The molecule has 3 heterocycles. The molecule has 2 aliphatic heterocycles. The summed E-state index contributed by atoms with van der Waals surface area (Å²) in [7, 11) is 0. The van der Waals surface area contributed by atoms with E-state index in [1.807, 2.05) is 32.9 Å². The molecule has 5 rings (SSSR count). The van der Waals surface area contributed by atoms with Crippen molar-refractivity contribution < 1.29 is 23.8 Å². The van der Waals surface area contributed by atoms with E-state index in [2.05, 4.69) is 4.90 Å². The number of carbonyl (C=O) groups is 1. The van der Waals surface area contributed by atoms with Gasteiger partial charge in [0.2, 0.25) is 5.76 Å². The lowest BCUT2D eigenvalue weighted by atomic mass is 9.97. The molecule has 0 aliphatic carbocycles. The zero-order valence-electron chi connectivity index (χ0n) is 21.0. The Labute approximate surface area is 210 Å². The van der Waals surface area contributed by atoms with E-state index >= 15 is 0 Å². The molecule has 190 valence electrons. The lowest BCUT2D eigenvalue weighted by molar-refractivity contribution is 0.0353. The molecular formula is C28H32N2O6. The van der Waals surface area contributed by atoms with Gasteiger partial charge in [0, 0.05) is 26.2 Å². The maximum atomic E-state index is 13.8. The summed E-state index contributed by atoms with van der Waals surface area (Å²) in [6, 6.07) is 8.03. The Hall–Kier alpha value is -3.36. The third kappa shape index (κ3) is 4.35. The van der Waals surface area contributed by atoms with E-state index in [0.717, 1.165) is 37.2 Å². The third-order valence-corrected chi connectivity index (χ3v) is 7.16. The van der Waals surface area contributed by atoms with Gasteiger partial charge in [-0.3, -0.25) is 14.5 Å². The van der Waals surface area contributed by atoms with Crippen LogP contribution in [0.1, 0.15) is 52.2 Å². The molecule has 36 heavy (non-hydrogen) atoms. The van der Waals surface area contributed by atoms with Crippen molar-refractivity contribution in [2.75, 3.05) is 46.0 Å². The molecule has 1 atom stereocenters. The molecule has 0 saturated carbocycles. The van der Waals surface area contributed by atoms with E-state index < -0.39 is 6.04 Å². The first kappa shape index (κ1) is 24.3. The number of phenolic OH excluding ortho intramolecular Hbond substituents is 1. The van der Waals surface area contributed by atoms with Crippen LogP contribution in [0.15, 0.2) is 39.5 Å². The standard InChI is InChI=1S/C28H32N2O6/c1-4-35-23-16-19(6-7-21(23)31)25-24-26(32)20-14-17(2)18(3)15-22(20)36-27(24)28(33)30(25)9-5-8-29-10-12-34-13-11-29/h6-7,14-16,25,31H,4-5,8-13H2,1-3H3. The van der Waals surface area contributed by atoms with Gasteiger partial charge >= 0.3 is 0 Å². The monoisotopic (exact) mass is 492 g/mol. The average Bonchev–Trinajstić information content (AvgIpc) is 3.14. The topological polar surface area (TPSA) is 92.5 Å². The van der Waals surface area contributed by atoms with Gasteiger partial charge in [-0.05, 0) is 68.1 Å². The van der Waals surface area contributed by atoms with Crippen molar-refractivity contribution in [1.29, 1.82) is 0 Å². The molecule has 3 aromatic rings. The lowest BCUT2D eigenvalue weighted by Crippen LogP contribution is -2.38. The van der Waals surface area contributed by atoms with Gasteiger partial charge in [0.1, 0.15) is 5.58 Å². The number of aryl methyl sites for hydroxylation is 2.